The van der Waals surface area contributed by atoms with E-state index >= 15 is 0 Å². The van der Waals surface area contributed by atoms with E-state index in [0.717, 1.165) is 12.8 Å². The summed E-state index contributed by atoms with van der Waals surface area (Å²) < 4.78 is 36.6. The summed E-state index contributed by atoms with van der Waals surface area (Å²) in [5.41, 5.74) is 0. The van der Waals surface area contributed by atoms with E-state index in [1.807, 2.05) is 0 Å². The quantitative estimate of drug-likeness (QED) is 0.860. The fourth-order valence-electron chi connectivity index (χ4n) is 2.19. The van der Waals surface area contributed by atoms with E-state index in [9.17, 15) is 13.2 Å². The molecule has 1 aromatic carbocycles. The van der Waals surface area contributed by atoms with Crippen molar-refractivity contribution in [1.29, 1.82) is 0 Å². The van der Waals surface area contributed by atoms with Crippen LogP contribution in [0.25, 0.3) is 0 Å². The summed E-state index contributed by atoms with van der Waals surface area (Å²) in [5.74, 6) is -0.0991. The number of hydrogen-bond acceptors (Lipinski definition) is 5. The average Bonchev–Trinajstić information content (AvgIpc) is 2.98. The fraction of sp³-hybridized carbons (Fsp3) is 0.500. The van der Waals surface area contributed by atoms with Crippen LogP contribution in [0, 0.1) is 0 Å². The zero-order valence-electron chi connectivity index (χ0n) is 11.9. The van der Waals surface area contributed by atoms with Crippen LogP contribution in [0.3, 0.4) is 0 Å². The average molecular weight is 313 g/mol. The second kappa shape index (κ2) is 6.91. The summed E-state index contributed by atoms with van der Waals surface area (Å²) in [5, 5.41) is 0. The molecule has 1 aliphatic rings. The van der Waals surface area contributed by atoms with Gasteiger partial charge in [-0.2, -0.15) is 0 Å². The zero-order chi connectivity index (χ0) is 15.3. The first-order valence-corrected chi connectivity index (χ1v) is 8.31. The third-order valence-corrected chi connectivity index (χ3v) is 4.69. The van der Waals surface area contributed by atoms with Gasteiger partial charge in [0.2, 0.25) is 5.91 Å². The van der Waals surface area contributed by atoms with Gasteiger partial charge in [0.15, 0.2) is 0 Å². The fourth-order valence-corrected chi connectivity index (χ4v) is 3.24. The van der Waals surface area contributed by atoms with Gasteiger partial charge in [0.1, 0.15) is 5.75 Å². The molecule has 0 aliphatic carbocycles. The molecule has 0 bridgehead atoms. The number of sulfonamides is 1. The Labute approximate surface area is 124 Å². The van der Waals surface area contributed by atoms with E-state index in [2.05, 4.69) is 4.72 Å². The maximum atomic E-state index is 12.1. The molecule has 1 fully saturated rings. The van der Waals surface area contributed by atoms with Gasteiger partial charge in [-0.25, -0.2) is 13.1 Å². The van der Waals surface area contributed by atoms with Crippen LogP contribution in [0.15, 0.2) is 29.2 Å². The minimum atomic E-state index is -3.86. The topological polar surface area (TPSA) is 81.7 Å². The summed E-state index contributed by atoms with van der Waals surface area (Å²) in [4.78, 5) is 11.8. The van der Waals surface area contributed by atoms with Crippen LogP contribution in [-0.2, 0) is 19.6 Å². The summed E-state index contributed by atoms with van der Waals surface area (Å²) in [6.07, 6.45) is 2.66. The first-order chi connectivity index (χ1) is 10.0. The highest BCUT2D eigenvalue weighted by atomic mass is 32.2. The number of carbonyl (C=O) groups excluding carboxylic acids is 1. The van der Waals surface area contributed by atoms with Gasteiger partial charge < -0.3 is 9.47 Å². The molecule has 0 aromatic heterocycles. The molecule has 1 aromatic rings. The molecule has 1 N–H and O–H groups in total. The lowest BCUT2D eigenvalue weighted by atomic mass is 10.1. The molecule has 0 saturated carbocycles. The normalized spacial score (nSPS) is 18.4. The molecule has 0 unspecified atom stereocenters. The first-order valence-electron chi connectivity index (χ1n) is 6.82. The molecule has 1 heterocycles. The van der Waals surface area contributed by atoms with Crippen LogP contribution in [0.4, 0.5) is 0 Å². The van der Waals surface area contributed by atoms with Crippen molar-refractivity contribution in [2.45, 2.75) is 36.7 Å². The van der Waals surface area contributed by atoms with Crippen molar-refractivity contribution in [3.8, 4) is 5.75 Å². The Morgan fingerprint density at radius 1 is 1.48 bits per heavy atom. The number of nitrogens with one attached hydrogen (secondary N) is 1. The Hall–Kier alpha value is -1.60. The second-order valence-corrected chi connectivity index (χ2v) is 6.56. The minimum absolute atomic E-state index is 0.00677. The monoisotopic (exact) mass is 313 g/mol. The Morgan fingerprint density at radius 3 is 2.95 bits per heavy atom. The molecule has 2 rings (SSSR count). The molecule has 1 atom stereocenters. The second-order valence-electron chi connectivity index (χ2n) is 4.88. The highest BCUT2D eigenvalue weighted by molar-refractivity contribution is 7.90. The van der Waals surface area contributed by atoms with Crippen molar-refractivity contribution >= 4 is 15.9 Å². The van der Waals surface area contributed by atoms with Crippen molar-refractivity contribution in [3.63, 3.8) is 0 Å². The van der Waals surface area contributed by atoms with Crippen LogP contribution in [-0.4, -0.2) is 34.1 Å². The van der Waals surface area contributed by atoms with Crippen molar-refractivity contribution in [2.24, 2.45) is 0 Å². The van der Waals surface area contributed by atoms with Crippen LogP contribution >= 0.6 is 0 Å². The number of rotatable bonds is 6. The molecule has 1 amide bonds. The third kappa shape index (κ3) is 4.44. The van der Waals surface area contributed by atoms with E-state index in [1.54, 1.807) is 12.1 Å². The van der Waals surface area contributed by atoms with E-state index in [4.69, 9.17) is 9.47 Å². The van der Waals surface area contributed by atoms with E-state index in [-0.39, 0.29) is 17.4 Å². The predicted octanol–water partition coefficient (Wildman–Crippen LogP) is 1.46. The lowest BCUT2D eigenvalue weighted by Gasteiger charge is -2.10. The summed E-state index contributed by atoms with van der Waals surface area (Å²) in [6.45, 7) is 0.717. The van der Waals surface area contributed by atoms with Gasteiger partial charge in [0.25, 0.3) is 10.0 Å². The van der Waals surface area contributed by atoms with Crippen LogP contribution in [0.1, 0.15) is 25.7 Å². The standard InChI is InChI=1S/C14H19NO5S/c1-19-12-4-2-6-13(10-12)21(17,18)15-14(16)8-7-11-5-3-9-20-11/h2,4,6,10-11H,3,5,7-9H2,1H3,(H,15,16)/t11-/m0/s1. The smallest absolute Gasteiger partial charge is 0.264 e. The molecular weight excluding hydrogens is 294 g/mol. The van der Waals surface area contributed by atoms with Crippen molar-refractivity contribution < 1.29 is 22.7 Å². The molecule has 1 saturated heterocycles. The summed E-state index contributed by atoms with van der Waals surface area (Å²) in [6, 6.07) is 5.98. The molecule has 7 heteroatoms. The van der Waals surface area contributed by atoms with E-state index in [0.29, 0.717) is 18.8 Å². The Balaban J connectivity index is 1.94. The lowest BCUT2D eigenvalue weighted by Crippen LogP contribution is -2.31. The van der Waals surface area contributed by atoms with Crippen LogP contribution in [0.2, 0.25) is 0 Å². The van der Waals surface area contributed by atoms with Gasteiger partial charge in [-0.15, -0.1) is 0 Å². The van der Waals surface area contributed by atoms with Gasteiger partial charge in [-0.05, 0) is 31.4 Å². The van der Waals surface area contributed by atoms with Crippen LogP contribution in [0.5, 0.6) is 5.75 Å². The summed E-state index contributed by atoms with van der Waals surface area (Å²) in [7, 11) is -2.41. The number of methoxy groups -OCH3 is 1. The number of carbonyl (C=O) groups is 1. The van der Waals surface area contributed by atoms with Crippen molar-refractivity contribution in [1.82, 2.24) is 4.72 Å². The number of ether oxygens (including phenoxy) is 2. The summed E-state index contributed by atoms with van der Waals surface area (Å²) >= 11 is 0. The van der Waals surface area contributed by atoms with E-state index < -0.39 is 15.9 Å². The van der Waals surface area contributed by atoms with Gasteiger partial charge >= 0.3 is 0 Å². The SMILES string of the molecule is COc1cccc(S(=O)(=O)NC(=O)CC[C@@H]2CCCO2)c1. The number of amides is 1. The maximum absolute atomic E-state index is 12.1. The molecule has 0 radical (unpaired) electrons. The third-order valence-electron chi connectivity index (χ3n) is 3.32. The van der Waals surface area contributed by atoms with Crippen LogP contribution < -0.4 is 9.46 Å². The van der Waals surface area contributed by atoms with Gasteiger partial charge in [-0.3, -0.25) is 4.79 Å². The van der Waals surface area contributed by atoms with Crippen molar-refractivity contribution in [3.05, 3.63) is 24.3 Å². The Bertz CT molecular complexity index is 593. The zero-order valence-corrected chi connectivity index (χ0v) is 12.7. The highest BCUT2D eigenvalue weighted by Crippen LogP contribution is 2.18. The van der Waals surface area contributed by atoms with Gasteiger partial charge in [-0.1, -0.05) is 6.07 Å². The Morgan fingerprint density at radius 2 is 2.29 bits per heavy atom. The van der Waals surface area contributed by atoms with Gasteiger partial charge in [0.05, 0.1) is 18.1 Å². The van der Waals surface area contributed by atoms with E-state index in [1.165, 1.54) is 19.2 Å². The molecule has 116 valence electrons. The largest absolute Gasteiger partial charge is 0.497 e. The van der Waals surface area contributed by atoms with Crippen molar-refractivity contribution in [2.75, 3.05) is 13.7 Å². The predicted molar refractivity (Wildman–Crippen MR) is 76.5 cm³/mol. The first kappa shape index (κ1) is 15.8. The number of benzene rings is 1. The molecular formula is C14H19NO5S. The Kier molecular flexibility index (Phi) is 5.19. The van der Waals surface area contributed by atoms with Gasteiger partial charge in [0, 0.05) is 19.1 Å². The molecule has 0 spiro atoms. The molecule has 6 nitrogen and oxygen atoms in total. The molecule has 21 heavy (non-hydrogen) atoms. The maximum Gasteiger partial charge on any atom is 0.264 e. The highest BCUT2D eigenvalue weighted by Gasteiger charge is 2.21. The minimum Gasteiger partial charge on any atom is -0.497 e. The lowest BCUT2D eigenvalue weighted by molar-refractivity contribution is -0.119. The molecule has 1 aliphatic heterocycles. The number of hydrogen-bond donors (Lipinski definition) is 1.